The maximum absolute atomic E-state index is 12.8. The standard InChI is InChI=1S/C19H17ClN2O2/c20-15-7-5-14(6-8-15)19(24)21-11-17-16-4-2-1-3-13(16)9-10-22(17)18(23)12-21/h1-8,17H,9-12H2/t17-/m1/s1. The van der Waals surface area contributed by atoms with Crippen LogP contribution < -0.4 is 0 Å². The molecule has 1 saturated heterocycles. The average Bonchev–Trinajstić information content (AvgIpc) is 2.61. The van der Waals surface area contributed by atoms with Crippen LogP contribution in [-0.4, -0.2) is 41.2 Å². The molecule has 0 bridgehead atoms. The van der Waals surface area contributed by atoms with Gasteiger partial charge < -0.3 is 9.80 Å². The summed E-state index contributed by atoms with van der Waals surface area (Å²) in [5.74, 6) is -0.106. The Morgan fingerprint density at radius 1 is 1.08 bits per heavy atom. The molecule has 122 valence electrons. The number of hydrogen-bond donors (Lipinski definition) is 0. The summed E-state index contributed by atoms with van der Waals surface area (Å²) in [6.45, 7) is 1.40. The Morgan fingerprint density at radius 2 is 1.83 bits per heavy atom. The van der Waals surface area contributed by atoms with Gasteiger partial charge in [0.1, 0.15) is 6.54 Å². The second-order valence-corrected chi connectivity index (χ2v) is 6.68. The number of benzene rings is 2. The van der Waals surface area contributed by atoms with E-state index in [1.165, 1.54) is 5.56 Å². The third kappa shape index (κ3) is 2.57. The number of amides is 2. The zero-order valence-electron chi connectivity index (χ0n) is 13.1. The van der Waals surface area contributed by atoms with E-state index in [4.69, 9.17) is 11.6 Å². The summed E-state index contributed by atoms with van der Waals surface area (Å²) in [6, 6.07) is 14.9. The molecule has 4 rings (SSSR count). The molecule has 0 unspecified atom stereocenters. The van der Waals surface area contributed by atoms with E-state index in [1.807, 2.05) is 17.0 Å². The molecule has 2 aliphatic rings. The Labute approximate surface area is 145 Å². The van der Waals surface area contributed by atoms with E-state index in [-0.39, 0.29) is 24.4 Å². The van der Waals surface area contributed by atoms with Crippen molar-refractivity contribution in [1.29, 1.82) is 0 Å². The number of fused-ring (bicyclic) bond motifs is 3. The van der Waals surface area contributed by atoms with Crippen LogP contribution in [0, 0.1) is 0 Å². The van der Waals surface area contributed by atoms with Crippen LogP contribution in [0.2, 0.25) is 5.02 Å². The van der Waals surface area contributed by atoms with Crippen molar-refractivity contribution in [3.05, 3.63) is 70.2 Å². The summed E-state index contributed by atoms with van der Waals surface area (Å²) < 4.78 is 0. The molecule has 1 fully saturated rings. The first kappa shape index (κ1) is 15.2. The molecule has 0 N–H and O–H groups in total. The minimum absolute atomic E-state index is 0.0167. The SMILES string of the molecule is O=C(c1ccc(Cl)cc1)N1CC(=O)N2CCc3ccccc3[C@H]2C1. The van der Waals surface area contributed by atoms with E-state index in [0.717, 1.165) is 18.5 Å². The molecule has 2 aromatic rings. The van der Waals surface area contributed by atoms with Crippen LogP contribution in [0.15, 0.2) is 48.5 Å². The number of carbonyl (C=O) groups is 2. The number of piperazine rings is 1. The van der Waals surface area contributed by atoms with Crippen molar-refractivity contribution in [2.75, 3.05) is 19.6 Å². The van der Waals surface area contributed by atoms with Gasteiger partial charge in [-0.25, -0.2) is 0 Å². The third-order valence-electron chi connectivity index (χ3n) is 4.83. The van der Waals surface area contributed by atoms with Crippen molar-refractivity contribution < 1.29 is 9.59 Å². The van der Waals surface area contributed by atoms with E-state index < -0.39 is 0 Å². The summed E-state index contributed by atoms with van der Waals surface area (Å²) in [6.07, 6.45) is 0.879. The van der Waals surface area contributed by atoms with Gasteiger partial charge in [-0.2, -0.15) is 0 Å². The van der Waals surface area contributed by atoms with Crippen molar-refractivity contribution >= 4 is 23.4 Å². The summed E-state index contributed by atoms with van der Waals surface area (Å²) >= 11 is 5.89. The van der Waals surface area contributed by atoms with Crippen LogP contribution in [0.25, 0.3) is 0 Å². The minimum Gasteiger partial charge on any atom is -0.332 e. The van der Waals surface area contributed by atoms with Crippen LogP contribution in [0.3, 0.4) is 0 Å². The molecular formula is C19H17ClN2O2. The fourth-order valence-corrected chi connectivity index (χ4v) is 3.73. The second-order valence-electron chi connectivity index (χ2n) is 6.24. The van der Waals surface area contributed by atoms with Gasteiger partial charge in [0.2, 0.25) is 5.91 Å². The number of halogens is 1. The van der Waals surface area contributed by atoms with Gasteiger partial charge in [-0.15, -0.1) is 0 Å². The fourth-order valence-electron chi connectivity index (χ4n) is 3.60. The number of rotatable bonds is 1. The van der Waals surface area contributed by atoms with Gasteiger partial charge >= 0.3 is 0 Å². The van der Waals surface area contributed by atoms with E-state index >= 15 is 0 Å². The van der Waals surface area contributed by atoms with E-state index in [2.05, 4.69) is 12.1 Å². The largest absolute Gasteiger partial charge is 0.332 e. The lowest BCUT2D eigenvalue weighted by Gasteiger charge is -2.44. The Morgan fingerprint density at radius 3 is 2.62 bits per heavy atom. The first-order chi connectivity index (χ1) is 11.6. The molecule has 4 nitrogen and oxygen atoms in total. The predicted octanol–water partition coefficient (Wildman–Crippen LogP) is 2.92. The molecule has 0 radical (unpaired) electrons. The highest BCUT2D eigenvalue weighted by Gasteiger charge is 2.38. The van der Waals surface area contributed by atoms with E-state index in [9.17, 15) is 9.59 Å². The van der Waals surface area contributed by atoms with E-state index in [0.29, 0.717) is 17.1 Å². The molecule has 24 heavy (non-hydrogen) atoms. The molecule has 0 saturated carbocycles. The third-order valence-corrected chi connectivity index (χ3v) is 5.08. The van der Waals surface area contributed by atoms with E-state index in [1.54, 1.807) is 29.2 Å². The topological polar surface area (TPSA) is 40.6 Å². The van der Waals surface area contributed by atoms with Gasteiger partial charge in [0.25, 0.3) is 5.91 Å². The normalized spacial score (nSPS) is 19.7. The monoisotopic (exact) mass is 340 g/mol. The fraction of sp³-hybridized carbons (Fsp3) is 0.263. The lowest BCUT2D eigenvalue weighted by Crippen LogP contribution is -2.55. The summed E-state index contributed by atoms with van der Waals surface area (Å²) in [5, 5.41) is 0.591. The molecule has 0 aliphatic carbocycles. The zero-order valence-corrected chi connectivity index (χ0v) is 13.9. The van der Waals surface area contributed by atoms with Crippen molar-refractivity contribution in [2.24, 2.45) is 0 Å². The average molecular weight is 341 g/mol. The van der Waals surface area contributed by atoms with Gasteiger partial charge in [0.15, 0.2) is 0 Å². The Kier molecular flexibility index (Phi) is 3.77. The van der Waals surface area contributed by atoms with Crippen molar-refractivity contribution in [1.82, 2.24) is 9.80 Å². The zero-order chi connectivity index (χ0) is 16.7. The maximum atomic E-state index is 12.8. The highest BCUT2D eigenvalue weighted by molar-refractivity contribution is 6.30. The quantitative estimate of drug-likeness (QED) is 0.801. The first-order valence-electron chi connectivity index (χ1n) is 8.05. The summed E-state index contributed by atoms with van der Waals surface area (Å²) in [4.78, 5) is 28.9. The van der Waals surface area contributed by atoms with Crippen LogP contribution in [0.5, 0.6) is 0 Å². The van der Waals surface area contributed by atoms with Crippen LogP contribution in [0.4, 0.5) is 0 Å². The van der Waals surface area contributed by atoms with Crippen LogP contribution in [0.1, 0.15) is 27.5 Å². The van der Waals surface area contributed by atoms with Crippen LogP contribution >= 0.6 is 11.6 Å². The molecule has 5 heteroatoms. The summed E-state index contributed by atoms with van der Waals surface area (Å²) in [5.41, 5.74) is 2.99. The first-order valence-corrected chi connectivity index (χ1v) is 8.43. The van der Waals surface area contributed by atoms with Gasteiger partial charge in [0, 0.05) is 23.7 Å². The maximum Gasteiger partial charge on any atom is 0.254 e. The lowest BCUT2D eigenvalue weighted by atomic mass is 9.90. The highest BCUT2D eigenvalue weighted by atomic mass is 35.5. The molecule has 0 spiro atoms. The second kappa shape index (κ2) is 5.95. The lowest BCUT2D eigenvalue weighted by molar-refractivity contribution is -0.139. The molecule has 2 heterocycles. The predicted molar refractivity (Wildman–Crippen MR) is 92.0 cm³/mol. The number of hydrogen-bond acceptors (Lipinski definition) is 2. The molecule has 2 aromatic carbocycles. The Balaban J connectivity index is 1.63. The smallest absolute Gasteiger partial charge is 0.254 e. The van der Waals surface area contributed by atoms with Crippen molar-refractivity contribution in [3.63, 3.8) is 0 Å². The Bertz CT molecular complexity index is 803. The summed E-state index contributed by atoms with van der Waals surface area (Å²) in [7, 11) is 0. The van der Waals surface area contributed by atoms with Gasteiger partial charge in [-0.3, -0.25) is 9.59 Å². The number of nitrogens with zero attached hydrogens (tertiary/aromatic N) is 2. The van der Waals surface area contributed by atoms with Crippen LogP contribution in [-0.2, 0) is 11.2 Å². The molecule has 2 amide bonds. The van der Waals surface area contributed by atoms with Gasteiger partial charge in [-0.1, -0.05) is 35.9 Å². The van der Waals surface area contributed by atoms with Gasteiger partial charge in [-0.05, 0) is 41.8 Å². The molecule has 2 aliphatic heterocycles. The molecule has 1 atom stereocenters. The highest BCUT2D eigenvalue weighted by Crippen LogP contribution is 2.33. The molecule has 0 aromatic heterocycles. The van der Waals surface area contributed by atoms with Gasteiger partial charge in [0.05, 0.1) is 6.04 Å². The minimum atomic E-state index is -0.122. The van der Waals surface area contributed by atoms with Crippen molar-refractivity contribution in [3.8, 4) is 0 Å². The van der Waals surface area contributed by atoms with Crippen molar-refractivity contribution in [2.45, 2.75) is 12.5 Å². The number of carbonyl (C=O) groups excluding carboxylic acids is 2. The Hall–Kier alpha value is -2.33. The molecular weight excluding hydrogens is 324 g/mol.